The zero-order valence-electron chi connectivity index (χ0n) is 11.5. The SMILES string of the molecule is CN(C(=O)CCC1CCCNC1)C1CCOCC1. The molecule has 4 heteroatoms. The first-order chi connectivity index (χ1) is 8.77. The number of piperidine rings is 1. The molecule has 0 aromatic carbocycles. The van der Waals surface area contributed by atoms with Crippen LogP contribution >= 0.6 is 0 Å². The molecule has 0 radical (unpaired) electrons. The van der Waals surface area contributed by atoms with E-state index in [1.165, 1.54) is 12.8 Å². The van der Waals surface area contributed by atoms with E-state index >= 15 is 0 Å². The molecule has 0 aromatic rings. The Morgan fingerprint density at radius 3 is 2.78 bits per heavy atom. The van der Waals surface area contributed by atoms with Crippen LogP contribution in [0.3, 0.4) is 0 Å². The number of nitrogens with one attached hydrogen (secondary N) is 1. The summed E-state index contributed by atoms with van der Waals surface area (Å²) in [7, 11) is 1.96. The first-order valence-corrected chi connectivity index (χ1v) is 7.31. The van der Waals surface area contributed by atoms with Gasteiger partial charge in [-0.1, -0.05) is 0 Å². The van der Waals surface area contributed by atoms with Crippen molar-refractivity contribution in [3.05, 3.63) is 0 Å². The monoisotopic (exact) mass is 254 g/mol. The second-order valence-electron chi connectivity index (χ2n) is 5.60. The summed E-state index contributed by atoms with van der Waals surface area (Å²) >= 11 is 0. The number of carbonyl (C=O) groups excluding carboxylic acids is 1. The van der Waals surface area contributed by atoms with Crippen molar-refractivity contribution in [2.24, 2.45) is 5.92 Å². The summed E-state index contributed by atoms with van der Waals surface area (Å²) in [5.74, 6) is 1.01. The van der Waals surface area contributed by atoms with Crippen molar-refractivity contribution in [1.29, 1.82) is 0 Å². The molecule has 104 valence electrons. The molecule has 0 aromatic heterocycles. The largest absolute Gasteiger partial charge is 0.381 e. The van der Waals surface area contributed by atoms with Gasteiger partial charge >= 0.3 is 0 Å². The molecule has 1 unspecified atom stereocenters. The summed E-state index contributed by atoms with van der Waals surface area (Å²) in [5.41, 5.74) is 0. The number of amides is 1. The third-order valence-corrected chi connectivity index (χ3v) is 4.30. The minimum atomic E-state index is 0.312. The molecular formula is C14H26N2O2. The molecule has 2 heterocycles. The minimum Gasteiger partial charge on any atom is -0.381 e. The summed E-state index contributed by atoms with van der Waals surface area (Å²) in [6, 6.07) is 0.399. The standard InChI is InChI=1S/C14H26N2O2/c1-16(13-6-9-18-10-7-13)14(17)5-4-12-3-2-8-15-11-12/h12-13,15H,2-11H2,1H3. The van der Waals surface area contributed by atoms with E-state index in [0.29, 0.717) is 24.3 Å². The summed E-state index contributed by atoms with van der Waals surface area (Å²) in [5, 5.41) is 3.41. The Morgan fingerprint density at radius 1 is 1.33 bits per heavy atom. The second kappa shape index (κ2) is 7.10. The summed E-state index contributed by atoms with van der Waals surface area (Å²) in [4.78, 5) is 14.1. The molecular weight excluding hydrogens is 228 g/mol. The minimum absolute atomic E-state index is 0.312. The number of hydrogen-bond acceptors (Lipinski definition) is 3. The highest BCUT2D eigenvalue weighted by Crippen LogP contribution is 2.18. The highest BCUT2D eigenvalue weighted by molar-refractivity contribution is 5.76. The lowest BCUT2D eigenvalue weighted by molar-refractivity contribution is -0.134. The maximum Gasteiger partial charge on any atom is 0.222 e. The summed E-state index contributed by atoms with van der Waals surface area (Å²) in [6.07, 6.45) is 6.27. The van der Waals surface area contributed by atoms with Gasteiger partial charge in [0.25, 0.3) is 0 Å². The first-order valence-electron chi connectivity index (χ1n) is 7.31. The van der Waals surface area contributed by atoms with Gasteiger partial charge in [0.2, 0.25) is 5.91 Å². The molecule has 1 amide bonds. The van der Waals surface area contributed by atoms with E-state index in [2.05, 4.69) is 5.32 Å². The lowest BCUT2D eigenvalue weighted by Gasteiger charge is -2.32. The van der Waals surface area contributed by atoms with Crippen LogP contribution in [0.1, 0.15) is 38.5 Å². The molecule has 0 aliphatic carbocycles. The lowest BCUT2D eigenvalue weighted by atomic mass is 9.94. The van der Waals surface area contributed by atoms with Crippen LogP contribution in [0.2, 0.25) is 0 Å². The van der Waals surface area contributed by atoms with Gasteiger partial charge in [-0.25, -0.2) is 0 Å². The lowest BCUT2D eigenvalue weighted by Crippen LogP contribution is -2.41. The molecule has 1 N–H and O–H groups in total. The maximum absolute atomic E-state index is 12.1. The molecule has 2 saturated heterocycles. The number of nitrogens with zero attached hydrogens (tertiary/aromatic N) is 1. The smallest absolute Gasteiger partial charge is 0.222 e. The Bertz CT molecular complexity index is 259. The Hall–Kier alpha value is -0.610. The first kappa shape index (κ1) is 13.8. The third-order valence-electron chi connectivity index (χ3n) is 4.30. The van der Waals surface area contributed by atoms with Crippen LogP contribution in [0.25, 0.3) is 0 Å². The topological polar surface area (TPSA) is 41.6 Å². The van der Waals surface area contributed by atoms with Gasteiger partial charge in [0.05, 0.1) is 0 Å². The highest BCUT2D eigenvalue weighted by atomic mass is 16.5. The van der Waals surface area contributed by atoms with E-state index in [1.807, 2.05) is 11.9 Å². The van der Waals surface area contributed by atoms with E-state index in [9.17, 15) is 4.79 Å². The molecule has 0 spiro atoms. The Kier molecular flexibility index (Phi) is 5.45. The summed E-state index contributed by atoms with van der Waals surface area (Å²) in [6.45, 7) is 3.84. The molecule has 1 atom stereocenters. The fraction of sp³-hybridized carbons (Fsp3) is 0.929. The van der Waals surface area contributed by atoms with Crippen LogP contribution < -0.4 is 5.32 Å². The van der Waals surface area contributed by atoms with Crippen molar-refractivity contribution in [2.75, 3.05) is 33.4 Å². The van der Waals surface area contributed by atoms with Gasteiger partial charge in [-0.2, -0.15) is 0 Å². The molecule has 2 aliphatic heterocycles. The average Bonchev–Trinajstić information content (AvgIpc) is 2.46. The van der Waals surface area contributed by atoms with Gasteiger partial charge in [0.1, 0.15) is 0 Å². The molecule has 18 heavy (non-hydrogen) atoms. The number of carbonyl (C=O) groups is 1. The second-order valence-corrected chi connectivity index (χ2v) is 5.60. The Balaban J connectivity index is 1.69. The fourth-order valence-corrected chi connectivity index (χ4v) is 2.95. The van der Waals surface area contributed by atoms with Crippen molar-refractivity contribution in [3.8, 4) is 0 Å². The van der Waals surface area contributed by atoms with E-state index in [4.69, 9.17) is 4.74 Å². The third kappa shape index (κ3) is 3.95. The molecule has 2 fully saturated rings. The van der Waals surface area contributed by atoms with Crippen LogP contribution in [-0.4, -0.2) is 50.2 Å². The van der Waals surface area contributed by atoms with E-state index in [1.54, 1.807) is 0 Å². The van der Waals surface area contributed by atoms with Gasteiger partial charge in [-0.3, -0.25) is 4.79 Å². The van der Waals surface area contributed by atoms with Crippen LogP contribution in [0.15, 0.2) is 0 Å². The Labute approximate surface area is 110 Å². The number of rotatable bonds is 4. The van der Waals surface area contributed by atoms with Crippen LogP contribution in [0.5, 0.6) is 0 Å². The van der Waals surface area contributed by atoms with Crippen molar-refractivity contribution in [3.63, 3.8) is 0 Å². The van der Waals surface area contributed by atoms with E-state index in [-0.39, 0.29) is 0 Å². The molecule has 2 rings (SSSR count). The predicted molar refractivity (Wildman–Crippen MR) is 71.4 cm³/mol. The number of ether oxygens (including phenoxy) is 1. The van der Waals surface area contributed by atoms with Gasteiger partial charge in [-0.05, 0) is 51.1 Å². The number of hydrogen-bond donors (Lipinski definition) is 1. The van der Waals surface area contributed by atoms with E-state index < -0.39 is 0 Å². The average molecular weight is 254 g/mol. The van der Waals surface area contributed by atoms with Crippen molar-refractivity contribution >= 4 is 5.91 Å². The van der Waals surface area contributed by atoms with Crippen LogP contribution in [0.4, 0.5) is 0 Å². The zero-order chi connectivity index (χ0) is 12.8. The Morgan fingerprint density at radius 2 is 2.11 bits per heavy atom. The zero-order valence-corrected chi connectivity index (χ0v) is 11.5. The maximum atomic E-state index is 12.1. The highest BCUT2D eigenvalue weighted by Gasteiger charge is 2.23. The molecule has 4 nitrogen and oxygen atoms in total. The van der Waals surface area contributed by atoms with Gasteiger partial charge in [-0.15, -0.1) is 0 Å². The normalized spacial score (nSPS) is 25.9. The van der Waals surface area contributed by atoms with Crippen molar-refractivity contribution < 1.29 is 9.53 Å². The molecule has 0 bridgehead atoms. The van der Waals surface area contributed by atoms with Gasteiger partial charge < -0.3 is 15.0 Å². The van der Waals surface area contributed by atoms with Gasteiger partial charge in [0, 0.05) is 32.7 Å². The van der Waals surface area contributed by atoms with Crippen molar-refractivity contribution in [1.82, 2.24) is 10.2 Å². The van der Waals surface area contributed by atoms with Gasteiger partial charge in [0.15, 0.2) is 0 Å². The van der Waals surface area contributed by atoms with Crippen LogP contribution in [-0.2, 0) is 9.53 Å². The van der Waals surface area contributed by atoms with Crippen LogP contribution in [0, 0.1) is 5.92 Å². The predicted octanol–water partition coefficient (Wildman–Crippen LogP) is 1.40. The van der Waals surface area contributed by atoms with Crippen molar-refractivity contribution in [2.45, 2.75) is 44.6 Å². The molecule has 0 saturated carbocycles. The molecule has 2 aliphatic rings. The van der Waals surface area contributed by atoms with E-state index in [0.717, 1.165) is 45.6 Å². The fourth-order valence-electron chi connectivity index (χ4n) is 2.95. The quantitative estimate of drug-likeness (QED) is 0.824. The summed E-state index contributed by atoms with van der Waals surface area (Å²) < 4.78 is 5.34.